The summed E-state index contributed by atoms with van der Waals surface area (Å²) in [5.74, 6) is -0.135. The smallest absolute Gasteiger partial charge is 0.200 e. The standard InChI is InChI=1S/C17H30O4SSi/c1-11(2)23(12(3)4,13(5)6)21-16-10-22(19,20)17-8-7-14(18)9-15(16)17/h7-8,11-13,15-17H,9-10H2,1-6H3/t15-,16-,17-/m0/s1. The van der Waals surface area contributed by atoms with Crippen LogP contribution in [-0.4, -0.2) is 39.6 Å². The van der Waals surface area contributed by atoms with Gasteiger partial charge in [-0.2, -0.15) is 0 Å². The van der Waals surface area contributed by atoms with E-state index in [0.717, 1.165) is 0 Å². The number of carbonyl (C=O) groups is 1. The van der Waals surface area contributed by atoms with Crippen LogP contribution in [0.2, 0.25) is 16.6 Å². The average Bonchev–Trinajstić information content (AvgIpc) is 2.65. The highest BCUT2D eigenvalue weighted by atomic mass is 32.2. The van der Waals surface area contributed by atoms with Crippen molar-refractivity contribution in [1.29, 1.82) is 0 Å². The molecule has 132 valence electrons. The topological polar surface area (TPSA) is 60.4 Å². The van der Waals surface area contributed by atoms with Gasteiger partial charge in [-0.25, -0.2) is 8.42 Å². The van der Waals surface area contributed by atoms with Gasteiger partial charge in [-0.1, -0.05) is 47.6 Å². The number of allylic oxidation sites excluding steroid dienone is 1. The van der Waals surface area contributed by atoms with Crippen molar-refractivity contribution in [2.45, 2.75) is 75.9 Å². The molecule has 0 N–H and O–H groups in total. The fourth-order valence-electron chi connectivity index (χ4n) is 4.75. The van der Waals surface area contributed by atoms with Gasteiger partial charge in [-0.15, -0.1) is 0 Å². The summed E-state index contributed by atoms with van der Waals surface area (Å²) in [6, 6.07) is 0. The molecular weight excluding hydrogens is 328 g/mol. The third-order valence-corrected chi connectivity index (χ3v) is 13.9. The Labute approximate surface area is 141 Å². The van der Waals surface area contributed by atoms with Crippen LogP contribution in [0.1, 0.15) is 48.0 Å². The predicted octanol–water partition coefficient (Wildman–Crippen LogP) is 3.49. The summed E-state index contributed by atoms with van der Waals surface area (Å²) in [6.07, 6.45) is 2.97. The zero-order valence-corrected chi connectivity index (χ0v) is 16.9. The quantitative estimate of drug-likeness (QED) is 0.706. The number of ketones is 1. The van der Waals surface area contributed by atoms with Crippen molar-refractivity contribution in [3.8, 4) is 0 Å². The van der Waals surface area contributed by atoms with Crippen LogP contribution >= 0.6 is 0 Å². The van der Waals surface area contributed by atoms with Crippen LogP contribution in [0.4, 0.5) is 0 Å². The highest BCUT2D eigenvalue weighted by molar-refractivity contribution is 7.92. The first kappa shape index (κ1) is 18.9. The highest BCUT2D eigenvalue weighted by Gasteiger charge is 2.54. The van der Waals surface area contributed by atoms with Crippen molar-refractivity contribution in [3.63, 3.8) is 0 Å². The van der Waals surface area contributed by atoms with Gasteiger partial charge >= 0.3 is 0 Å². The molecule has 1 saturated heterocycles. The van der Waals surface area contributed by atoms with E-state index >= 15 is 0 Å². The molecule has 1 fully saturated rings. The van der Waals surface area contributed by atoms with Crippen LogP contribution in [0, 0.1) is 5.92 Å². The molecule has 2 aliphatic rings. The normalized spacial score (nSPS) is 30.5. The number of hydrogen-bond donors (Lipinski definition) is 0. The van der Waals surface area contributed by atoms with Gasteiger partial charge in [0.2, 0.25) is 8.32 Å². The maximum Gasteiger partial charge on any atom is 0.200 e. The van der Waals surface area contributed by atoms with E-state index in [1.807, 2.05) is 0 Å². The van der Waals surface area contributed by atoms with Crippen LogP contribution in [0.15, 0.2) is 12.2 Å². The second-order valence-electron chi connectivity index (χ2n) is 7.96. The van der Waals surface area contributed by atoms with Gasteiger partial charge in [0, 0.05) is 12.3 Å². The second-order valence-corrected chi connectivity index (χ2v) is 15.6. The summed E-state index contributed by atoms with van der Waals surface area (Å²) in [7, 11) is -5.36. The Morgan fingerprint density at radius 3 is 2.09 bits per heavy atom. The molecule has 0 bridgehead atoms. The Bertz CT molecular complexity index is 570. The van der Waals surface area contributed by atoms with Crippen LogP contribution in [0.3, 0.4) is 0 Å². The summed E-state index contributed by atoms with van der Waals surface area (Å²) in [4.78, 5) is 11.8. The molecule has 4 nitrogen and oxygen atoms in total. The van der Waals surface area contributed by atoms with Gasteiger partial charge in [-0.3, -0.25) is 4.79 Å². The van der Waals surface area contributed by atoms with Crippen LogP contribution in [0.25, 0.3) is 0 Å². The summed E-state index contributed by atoms with van der Waals surface area (Å²) in [5.41, 5.74) is 1.21. The molecule has 1 aliphatic heterocycles. The van der Waals surface area contributed by atoms with Gasteiger partial charge in [-0.05, 0) is 22.7 Å². The van der Waals surface area contributed by atoms with E-state index in [0.29, 0.717) is 23.0 Å². The molecule has 0 aromatic carbocycles. The molecule has 0 aromatic heterocycles. The molecule has 23 heavy (non-hydrogen) atoms. The van der Waals surface area contributed by atoms with E-state index in [1.165, 1.54) is 6.08 Å². The predicted molar refractivity (Wildman–Crippen MR) is 95.7 cm³/mol. The molecule has 0 radical (unpaired) electrons. The minimum Gasteiger partial charge on any atom is -0.412 e. The lowest BCUT2D eigenvalue weighted by molar-refractivity contribution is -0.116. The fourth-order valence-corrected chi connectivity index (χ4v) is 12.6. The zero-order valence-electron chi connectivity index (χ0n) is 15.1. The Morgan fingerprint density at radius 2 is 1.61 bits per heavy atom. The Hall–Kier alpha value is -0.463. The maximum absolute atomic E-state index is 12.5. The first-order chi connectivity index (χ1) is 10.5. The maximum atomic E-state index is 12.5. The molecule has 1 heterocycles. The first-order valence-electron chi connectivity index (χ1n) is 8.62. The van der Waals surface area contributed by atoms with E-state index in [4.69, 9.17) is 4.43 Å². The minimum atomic E-state index is -3.21. The van der Waals surface area contributed by atoms with Crippen LogP contribution in [-0.2, 0) is 19.1 Å². The van der Waals surface area contributed by atoms with E-state index in [9.17, 15) is 13.2 Å². The van der Waals surface area contributed by atoms with Crippen molar-refractivity contribution < 1.29 is 17.6 Å². The number of rotatable bonds is 5. The molecule has 0 unspecified atom stereocenters. The monoisotopic (exact) mass is 358 g/mol. The van der Waals surface area contributed by atoms with Gasteiger partial charge in [0.05, 0.1) is 17.1 Å². The minimum absolute atomic E-state index is 0.0165. The highest BCUT2D eigenvalue weighted by Crippen LogP contribution is 2.46. The number of sulfone groups is 1. The molecule has 2 rings (SSSR count). The van der Waals surface area contributed by atoms with Crippen molar-refractivity contribution >= 4 is 23.9 Å². The average molecular weight is 359 g/mol. The lowest BCUT2D eigenvalue weighted by atomic mass is 9.89. The zero-order chi connectivity index (χ0) is 17.6. The van der Waals surface area contributed by atoms with Gasteiger partial charge < -0.3 is 4.43 Å². The first-order valence-corrected chi connectivity index (χ1v) is 12.5. The summed E-state index contributed by atoms with van der Waals surface area (Å²) < 4.78 is 31.7. The summed E-state index contributed by atoms with van der Waals surface area (Å²) in [6.45, 7) is 13.2. The molecular formula is C17H30O4SSi. The molecule has 0 amide bonds. The third-order valence-electron chi connectivity index (χ3n) is 5.68. The Morgan fingerprint density at radius 1 is 1.09 bits per heavy atom. The van der Waals surface area contributed by atoms with Crippen LogP contribution in [0.5, 0.6) is 0 Å². The summed E-state index contributed by atoms with van der Waals surface area (Å²) >= 11 is 0. The second kappa shape index (κ2) is 6.45. The van der Waals surface area contributed by atoms with Crippen molar-refractivity contribution in [1.82, 2.24) is 0 Å². The Balaban J connectivity index is 2.38. The van der Waals surface area contributed by atoms with Crippen molar-refractivity contribution in [2.75, 3.05) is 5.75 Å². The third kappa shape index (κ3) is 3.22. The molecule has 6 heteroatoms. The lowest BCUT2D eigenvalue weighted by Crippen LogP contribution is -2.52. The molecule has 0 aromatic rings. The van der Waals surface area contributed by atoms with E-state index in [1.54, 1.807) is 6.08 Å². The van der Waals surface area contributed by atoms with Gasteiger partial charge in [0.25, 0.3) is 0 Å². The molecule has 0 saturated carbocycles. The Kier molecular flexibility index (Phi) is 5.29. The molecule has 0 spiro atoms. The van der Waals surface area contributed by atoms with Crippen molar-refractivity contribution in [3.05, 3.63) is 12.2 Å². The van der Waals surface area contributed by atoms with Gasteiger partial charge in [0.15, 0.2) is 15.6 Å². The van der Waals surface area contributed by atoms with E-state index in [-0.39, 0.29) is 23.6 Å². The summed E-state index contributed by atoms with van der Waals surface area (Å²) in [5, 5.41) is -0.539. The van der Waals surface area contributed by atoms with E-state index < -0.39 is 23.4 Å². The van der Waals surface area contributed by atoms with Crippen molar-refractivity contribution in [2.24, 2.45) is 5.92 Å². The molecule has 1 aliphatic carbocycles. The largest absolute Gasteiger partial charge is 0.412 e. The molecule has 3 atom stereocenters. The fraction of sp³-hybridized carbons (Fsp3) is 0.824. The number of fused-ring (bicyclic) bond motifs is 1. The van der Waals surface area contributed by atoms with Crippen LogP contribution < -0.4 is 0 Å². The van der Waals surface area contributed by atoms with E-state index in [2.05, 4.69) is 41.5 Å². The van der Waals surface area contributed by atoms with Gasteiger partial charge in [0.1, 0.15) is 0 Å². The lowest BCUT2D eigenvalue weighted by Gasteiger charge is -2.45. The number of hydrogen-bond acceptors (Lipinski definition) is 4. The SMILES string of the molecule is CC(C)[Si](O[C@H]1CS(=O)(=O)[C@H]2C=CC(=O)C[C@@H]12)(C(C)C)C(C)C. The number of carbonyl (C=O) groups excluding carboxylic acids is 1.